The van der Waals surface area contributed by atoms with Gasteiger partial charge in [0.05, 0.1) is 6.61 Å². The van der Waals surface area contributed by atoms with Crippen LogP contribution >= 0.6 is 0 Å². The highest BCUT2D eigenvalue weighted by Gasteiger charge is 2.15. The Kier molecular flexibility index (Phi) is 4.72. The summed E-state index contributed by atoms with van der Waals surface area (Å²) in [5.41, 5.74) is -0.334. The number of hydrogen-bond donors (Lipinski definition) is 2. The molecule has 0 heterocycles. The highest BCUT2D eigenvalue weighted by atomic mass is 19.1. The van der Waals surface area contributed by atoms with Crippen LogP contribution < -0.4 is 5.32 Å². The Labute approximate surface area is 93.0 Å². The molecule has 0 unspecified atom stereocenters. The zero-order valence-corrected chi connectivity index (χ0v) is 9.00. The fourth-order valence-electron chi connectivity index (χ4n) is 1.21. The van der Waals surface area contributed by atoms with Crippen molar-refractivity contribution in [2.24, 2.45) is 0 Å². The summed E-state index contributed by atoms with van der Waals surface area (Å²) >= 11 is 0. The molecule has 88 valence electrons. The first-order valence-corrected chi connectivity index (χ1v) is 5.00. The number of hydrogen-bond acceptors (Lipinski definition) is 3. The molecule has 1 amide bonds. The van der Waals surface area contributed by atoms with Crippen LogP contribution in [0, 0.1) is 5.82 Å². The molecule has 0 spiro atoms. The van der Waals surface area contributed by atoms with Crippen molar-refractivity contribution in [1.82, 2.24) is 5.32 Å². The Balaban J connectivity index is 2.59. The third-order valence-corrected chi connectivity index (χ3v) is 1.95. The molecular weight excluding hydrogens is 213 g/mol. The molecule has 0 atom stereocenters. The molecule has 0 aliphatic heterocycles. The lowest BCUT2D eigenvalue weighted by molar-refractivity contribution is 0.0916. The van der Waals surface area contributed by atoms with Gasteiger partial charge in [-0.05, 0) is 19.1 Å². The topological polar surface area (TPSA) is 58.6 Å². The van der Waals surface area contributed by atoms with Crippen LogP contribution in [0.3, 0.4) is 0 Å². The van der Waals surface area contributed by atoms with E-state index in [1.165, 1.54) is 12.1 Å². The van der Waals surface area contributed by atoms with Crippen molar-refractivity contribution in [2.45, 2.75) is 6.92 Å². The number of halogens is 1. The standard InChI is InChI=1S/C11H14FNO3/c1-2-16-7-6-13-11(15)10-8(12)4-3-5-9(10)14/h3-5,14H,2,6-7H2,1H3,(H,13,15). The second kappa shape index (κ2) is 6.07. The number of phenolic OH excluding ortho intramolecular Hbond substituents is 1. The number of aromatic hydroxyl groups is 1. The lowest BCUT2D eigenvalue weighted by atomic mass is 10.2. The molecule has 1 rings (SSSR count). The van der Waals surface area contributed by atoms with Crippen molar-refractivity contribution in [1.29, 1.82) is 0 Å². The molecule has 0 aromatic heterocycles. The van der Waals surface area contributed by atoms with Gasteiger partial charge in [-0.15, -0.1) is 0 Å². The molecule has 16 heavy (non-hydrogen) atoms. The van der Waals surface area contributed by atoms with Crippen LogP contribution in [0.5, 0.6) is 5.75 Å². The Hall–Kier alpha value is -1.62. The van der Waals surface area contributed by atoms with E-state index in [9.17, 15) is 14.3 Å². The monoisotopic (exact) mass is 227 g/mol. The first-order chi connectivity index (χ1) is 7.66. The van der Waals surface area contributed by atoms with Crippen molar-refractivity contribution in [3.8, 4) is 5.75 Å². The van der Waals surface area contributed by atoms with E-state index in [0.717, 1.165) is 6.07 Å². The summed E-state index contributed by atoms with van der Waals surface area (Å²) in [6.07, 6.45) is 0. The van der Waals surface area contributed by atoms with Crippen molar-refractivity contribution < 1.29 is 19.0 Å². The van der Waals surface area contributed by atoms with E-state index in [4.69, 9.17) is 4.74 Å². The molecular formula is C11H14FNO3. The number of amides is 1. The van der Waals surface area contributed by atoms with E-state index in [0.29, 0.717) is 13.2 Å². The SMILES string of the molecule is CCOCCNC(=O)c1c(O)cccc1F. The summed E-state index contributed by atoms with van der Waals surface area (Å²) in [5, 5.41) is 11.8. The number of ether oxygens (including phenoxy) is 1. The molecule has 0 aliphatic rings. The first-order valence-electron chi connectivity index (χ1n) is 5.00. The number of carbonyl (C=O) groups excluding carboxylic acids is 1. The number of benzene rings is 1. The fourth-order valence-corrected chi connectivity index (χ4v) is 1.21. The smallest absolute Gasteiger partial charge is 0.258 e. The van der Waals surface area contributed by atoms with Gasteiger partial charge >= 0.3 is 0 Å². The largest absolute Gasteiger partial charge is 0.507 e. The quantitative estimate of drug-likeness (QED) is 0.745. The van der Waals surface area contributed by atoms with Crippen LogP contribution in [0.4, 0.5) is 4.39 Å². The summed E-state index contributed by atoms with van der Waals surface area (Å²) < 4.78 is 18.2. The van der Waals surface area contributed by atoms with Gasteiger partial charge < -0.3 is 15.2 Å². The summed E-state index contributed by atoms with van der Waals surface area (Å²) in [6, 6.07) is 3.72. The molecule has 4 nitrogen and oxygen atoms in total. The predicted octanol–water partition coefficient (Wildman–Crippen LogP) is 1.30. The maximum absolute atomic E-state index is 13.2. The zero-order valence-electron chi connectivity index (χ0n) is 9.00. The van der Waals surface area contributed by atoms with Crippen molar-refractivity contribution in [2.75, 3.05) is 19.8 Å². The van der Waals surface area contributed by atoms with Crippen LogP contribution in [0.2, 0.25) is 0 Å². The minimum atomic E-state index is -0.742. The van der Waals surface area contributed by atoms with Crippen LogP contribution in [-0.4, -0.2) is 30.8 Å². The third-order valence-electron chi connectivity index (χ3n) is 1.95. The van der Waals surface area contributed by atoms with Crippen LogP contribution in [0.15, 0.2) is 18.2 Å². The molecule has 0 saturated carbocycles. The summed E-state index contributed by atoms with van der Waals surface area (Å²) in [7, 11) is 0. The van der Waals surface area contributed by atoms with E-state index in [-0.39, 0.29) is 17.9 Å². The van der Waals surface area contributed by atoms with Crippen molar-refractivity contribution >= 4 is 5.91 Å². The lowest BCUT2D eigenvalue weighted by Gasteiger charge is -2.07. The van der Waals surface area contributed by atoms with Crippen molar-refractivity contribution in [3.05, 3.63) is 29.6 Å². The molecule has 0 saturated heterocycles. The summed E-state index contributed by atoms with van der Waals surface area (Å²) in [6.45, 7) is 3.03. The highest BCUT2D eigenvalue weighted by Crippen LogP contribution is 2.19. The highest BCUT2D eigenvalue weighted by molar-refractivity contribution is 5.97. The predicted molar refractivity (Wildman–Crippen MR) is 56.9 cm³/mol. The average Bonchev–Trinajstić information content (AvgIpc) is 2.24. The molecule has 0 bridgehead atoms. The van der Waals surface area contributed by atoms with E-state index in [1.54, 1.807) is 0 Å². The lowest BCUT2D eigenvalue weighted by Crippen LogP contribution is -2.28. The van der Waals surface area contributed by atoms with Gasteiger partial charge in [-0.2, -0.15) is 0 Å². The van der Waals surface area contributed by atoms with Gasteiger partial charge in [0.25, 0.3) is 5.91 Å². The van der Waals surface area contributed by atoms with Gasteiger partial charge in [-0.1, -0.05) is 6.07 Å². The van der Waals surface area contributed by atoms with Crippen LogP contribution in [0.25, 0.3) is 0 Å². The Bertz CT molecular complexity index is 348. The molecule has 2 N–H and O–H groups in total. The number of rotatable bonds is 5. The maximum Gasteiger partial charge on any atom is 0.258 e. The van der Waals surface area contributed by atoms with Gasteiger partial charge in [-0.3, -0.25) is 4.79 Å². The molecule has 0 fully saturated rings. The second-order valence-corrected chi connectivity index (χ2v) is 3.09. The average molecular weight is 227 g/mol. The Morgan fingerprint density at radius 2 is 2.31 bits per heavy atom. The summed E-state index contributed by atoms with van der Waals surface area (Å²) in [5.74, 6) is -1.75. The third kappa shape index (κ3) is 3.20. The van der Waals surface area contributed by atoms with Crippen LogP contribution in [0.1, 0.15) is 17.3 Å². The molecule has 5 heteroatoms. The minimum absolute atomic E-state index is 0.278. The van der Waals surface area contributed by atoms with E-state index >= 15 is 0 Å². The molecule has 1 aromatic carbocycles. The van der Waals surface area contributed by atoms with Gasteiger partial charge in [0.15, 0.2) is 0 Å². The summed E-state index contributed by atoms with van der Waals surface area (Å²) in [4.78, 5) is 11.5. The number of nitrogens with one attached hydrogen (secondary N) is 1. The Morgan fingerprint density at radius 3 is 2.94 bits per heavy atom. The maximum atomic E-state index is 13.2. The van der Waals surface area contributed by atoms with Gasteiger partial charge in [0, 0.05) is 13.2 Å². The fraction of sp³-hybridized carbons (Fsp3) is 0.364. The molecule has 0 aliphatic carbocycles. The number of phenols is 1. The number of carbonyl (C=O) groups is 1. The molecule has 1 aromatic rings. The zero-order chi connectivity index (χ0) is 12.0. The molecule has 0 radical (unpaired) electrons. The second-order valence-electron chi connectivity index (χ2n) is 3.09. The van der Waals surface area contributed by atoms with Gasteiger partial charge in [-0.25, -0.2) is 4.39 Å². The minimum Gasteiger partial charge on any atom is -0.507 e. The Morgan fingerprint density at radius 1 is 1.56 bits per heavy atom. The first kappa shape index (κ1) is 12.4. The van der Waals surface area contributed by atoms with E-state index in [2.05, 4.69) is 5.32 Å². The van der Waals surface area contributed by atoms with E-state index in [1.807, 2.05) is 6.92 Å². The van der Waals surface area contributed by atoms with E-state index < -0.39 is 11.7 Å². The van der Waals surface area contributed by atoms with Crippen LogP contribution in [-0.2, 0) is 4.74 Å². The van der Waals surface area contributed by atoms with Gasteiger partial charge in [0.2, 0.25) is 0 Å². The van der Waals surface area contributed by atoms with Crippen molar-refractivity contribution in [3.63, 3.8) is 0 Å². The normalized spacial score (nSPS) is 10.1. The van der Waals surface area contributed by atoms with Gasteiger partial charge in [0.1, 0.15) is 17.1 Å².